The van der Waals surface area contributed by atoms with E-state index in [1.165, 1.54) is 7.11 Å². The zero-order chi connectivity index (χ0) is 20.3. The fourth-order valence-corrected chi connectivity index (χ4v) is 3.81. The van der Waals surface area contributed by atoms with Gasteiger partial charge < -0.3 is 9.64 Å². The van der Waals surface area contributed by atoms with Gasteiger partial charge in [0, 0.05) is 42.2 Å². The normalized spacial score (nSPS) is 17.7. The number of esters is 1. The number of amides is 1. The fourth-order valence-electron chi connectivity index (χ4n) is 3.81. The van der Waals surface area contributed by atoms with Crippen LogP contribution in [0.25, 0.3) is 10.8 Å². The smallest absolute Gasteiger partial charge is 0.328 e. The number of hydrogen-bond acceptors (Lipinski definition) is 5. The number of carbonyl (C=O) groups is 3. The van der Waals surface area contributed by atoms with Crippen LogP contribution in [0.4, 0.5) is 0 Å². The van der Waals surface area contributed by atoms with E-state index >= 15 is 0 Å². The Balaban J connectivity index is 1.79. The monoisotopic (exact) mass is 382 g/mol. The molecular formula is C22H26N2O4. The SMILES string of the molecule is COC(=O)[C@@H]1CCCN1C(=O)[C@@H](CC(=O)c1ccc2cnccc2c1)C(C)C. The van der Waals surface area contributed by atoms with Crippen LogP contribution in [0.2, 0.25) is 0 Å². The molecule has 0 saturated carbocycles. The van der Waals surface area contributed by atoms with Gasteiger partial charge in [-0.25, -0.2) is 4.79 Å². The first-order valence-electron chi connectivity index (χ1n) is 9.67. The molecule has 1 aliphatic rings. The number of nitrogens with zero attached hydrogens (tertiary/aromatic N) is 2. The van der Waals surface area contributed by atoms with Crippen LogP contribution >= 0.6 is 0 Å². The molecule has 0 bridgehead atoms. The number of likely N-dealkylation sites (tertiary alicyclic amines) is 1. The van der Waals surface area contributed by atoms with Crippen LogP contribution in [-0.4, -0.2) is 47.2 Å². The summed E-state index contributed by atoms with van der Waals surface area (Å²) in [7, 11) is 1.34. The van der Waals surface area contributed by atoms with Crippen LogP contribution < -0.4 is 0 Å². The number of ether oxygens (including phenoxy) is 1. The van der Waals surface area contributed by atoms with Crippen molar-refractivity contribution in [2.45, 2.75) is 39.2 Å². The van der Waals surface area contributed by atoms with Gasteiger partial charge in [-0.3, -0.25) is 14.6 Å². The number of carbonyl (C=O) groups excluding carboxylic acids is 3. The Kier molecular flexibility index (Phi) is 6.07. The van der Waals surface area contributed by atoms with Crippen molar-refractivity contribution >= 4 is 28.4 Å². The lowest BCUT2D eigenvalue weighted by Crippen LogP contribution is -2.45. The molecule has 0 unspecified atom stereocenters. The molecule has 3 rings (SSSR count). The number of Topliss-reactive ketones (excluding diaryl/α,β-unsaturated/α-hetero) is 1. The predicted octanol–water partition coefficient (Wildman–Crippen LogP) is 3.24. The number of aromatic nitrogens is 1. The Bertz CT molecular complexity index is 893. The Morgan fingerprint density at radius 1 is 1.21 bits per heavy atom. The highest BCUT2D eigenvalue weighted by atomic mass is 16.5. The Morgan fingerprint density at radius 2 is 2.00 bits per heavy atom. The molecule has 0 N–H and O–H groups in total. The van der Waals surface area contributed by atoms with Crippen molar-refractivity contribution in [2.75, 3.05) is 13.7 Å². The van der Waals surface area contributed by atoms with Crippen molar-refractivity contribution in [3.05, 3.63) is 42.2 Å². The molecule has 1 aromatic heterocycles. The molecule has 0 radical (unpaired) electrons. The number of methoxy groups -OCH3 is 1. The van der Waals surface area contributed by atoms with Crippen LogP contribution in [-0.2, 0) is 14.3 Å². The summed E-state index contributed by atoms with van der Waals surface area (Å²) < 4.78 is 4.84. The lowest BCUT2D eigenvalue weighted by molar-refractivity contribution is -0.152. The molecule has 2 heterocycles. The third kappa shape index (κ3) is 4.06. The number of benzene rings is 1. The van der Waals surface area contributed by atoms with Crippen LogP contribution in [0.15, 0.2) is 36.7 Å². The molecule has 0 aliphatic carbocycles. The zero-order valence-electron chi connectivity index (χ0n) is 16.6. The Labute approximate surface area is 164 Å². The maximum atomic E-state index is 13.2. The highest BCUT2D eigenvalue weighted by Crippen LogP contribution is 2.27. The van der Waals surface area contributed by atoms with Crippen molar-refractivity contribution in [1.29, 1.82) is 0 Å². The molecule has 2 aromatic rings. The summed E-state index contributed by atoms with van der Waals surface area (Å²) in [6.45, 7) is 4.40. The minimum atomic E-state index is -0.540. The maximum absolute atomic E-state index is 13.2. The van der Waals surface area contributed by atoms with E-state index in [1.807, 2.05) is 32.0 Å². The molecule has 28 heavy (non-hydrogen) atoms. The van der Waals surface area contributed by atoms with Gasteiger partial charge in [-0.1, -0.05) is 26.0 Å². The topological polar surface area (TPSA) is 76.6 Å². The van der Waals surface area contributed by atoms with E-state index in [4.69, 9.17) is 4.74 Å². The average molecular weight is 382 g/mol. The van der Waals surface area contributed by atoms with Gasteiger partial charge in [-0.05, 0) is 36.3 Å². The summed E-state index contributed by atoms with van der Waals surface area (Å²) in [6.07, 6.45) is 4.94. The van der Waals surface area contributed by atoms with Gasteiger partial charge in [0.05, 0.1) is 7.11 Å². The first-order chi connectivity index (χ1) is 13.4. The second kappa shape index (κ2) is 8.50. The van der Waals surface area contributed by atoms with Crippen molar-refractivity contribution in [1.82, 2.24) is 9.88 Å². The molecule has 0 spiro atoms. The van der Waals surface area contributed by atoms with E-state index in [-0.39, 0.29) is 30.0 Å². The number of ketones is 1. The minimum Gasteiger partial charge on any atom is -0.467 e. The van der Waals surface area contributed by atoms with E-state index in [1.54, 1.807) is 23.4 Å². The van der Waals surface area contributed by atoms with Crippen LogP contribution in [0.1, 0.15) is 43.5 Å². The molecule has 1 fully saturated rings. The molecule has 1 saturated heterocycles. The van der Waals surface area contributed by atoms with E-state index in [0.29, 0.717) is 18.5 Å². The molecular weight excluding hydrogens is 356 g/mol. The maximum Gasteiger partial charge on any atom is 0.328 e. The lowest BCUT2D eigenvalue weighted by Gasteiger charge is -2.29. The van der Waals surface area contributed by atoms with Crippen molar-refractivity contribution in [2.24, 2.45) is 11.8 Å². The third-order valence-electron chi connectivity index (χ3n) is 5.50. The molecule has 1 amide bonds. The van der Waals surface area contributed by atoms with Crippen LogP contribution in [0, 0.1) is 11.8 Å². The van der Waals surface area contributed by atoms with Crippen LogP contribution in [0.3, 0.4) is 0 Å². The van der Waals surface area contributed by atoms with Gasteiger partial charge in [0.2, 0.25) is 5.91 Å². The van der Waals surface area contributed by atoms with Gasteiger partial charge in [0.25, 0.3) is 0 Å². The number of fused-ring (bicyclic) bond motifs is 1. The van der Waals surface area contributed by atoms with Gasteiger partial charge in [0.1, 0.15) is 6.04 Å². The molecule has 6 heteroatoms. The quantitative estimate of drug-likeness (QED) is 0.566. The van der Waals surface area contributed by atoms with Gasteiger partial charge in [-0.15, -0.1) is 0 Å². The lowest BCUT2D eigenvalue weighted by atomic mass is 9.87. The molecule has 6 nitrogen and oxygen atoms in total. The number of pyridine rings is 1. The largest absolute Gasteiger partial charge is 0.467 e. The van der Waals surface area contributed by atoms with Gasteiger partial charge >= 0.3 is 5.97 Å². The van der Waals surface area contributed by atoms with E-state index in [9.17, 15) is 14.4 Å². The molecule has 2 atom stereocenters. The van der Waals surface area contributed by atoms with Crippen molar-refractivity contribution in [3.8, 4) is 0 Å². The van der Waals surface area contributed by atoms with Crippen LogP contribution in [0.5, 0.6) is 0 Å². The summed E-state index contributed by atoms with van der Waals surface area (Å²) in [4.78, 5) is 43.7. The van der Waals surface area contributed by atoms with E-state index in [2.05, 4.69) is 4.98 Å². The number of rotatable bonds is 6. The first-order valence-corrected chi connectivity index (χ1v) is 9.67. The zero-order valence-corrected chi connectivity index (χ0v) is 16.6. The minimum absolute atomic E-state index is 0.0139. The first kappa shape index (κ1) is 20.0. The van der Waals surface area contributed by atoms with Gasteiger partial charge in [-0.2, -0.15) is 0 Å². The molecule has 1 aliphatic heterocycles. The standard InChI is InChI=1S/C22H26N2O4/c1-14(2)18(21(26)24-10-4-5-19(24)22(27)28-3)12-20(25)16-6-7-17-13-23-9-8-15(17)11-16/h6-9,11,13-14,18-19H,4-5,10,12H2,1-3H3/t18-,19-/m0/s1. The van der Waals surface area contributed by atoms with Crippen molar-refractivity contribution < 1.29 is 19.1 Å². The van der Waals surface area contributed by atoms with E-state index in [0.717, 1.165) is 17.2 Å². The molecule has 148 valence electrons. The second-order valence-corrected chi connectivity index (χ2v) is 7.63. The Morgan fingerprint density at radius 3 is 2.71 bits per heavy atom. The summed E-state index contributed by atoms with van der Waals surface area (Å²) in [5, 5.41) is 1.91. The number of hydrogen-bond donors (Lipinski definition) is 0. The third-order valence-corrected chi connectivity index (χ3v) is 5.50. The average Bonchev–Trinajstić information content (AvgIpc) is 3.20. The predicted molar refractivity (Wildman–Crippen MR) is 106 cm³/mol. The second-order valence-electron chi connectivity index (χ2n) is 7.63. The Hall–Kier alpha value is -2.76. The summed E-state index contributed by atoms with van der Waals surface area (Å²) in [5.74, 6) is -1.07. The fraction of sp³-hybridized carbons (Fsp3) is 0.455. The van der Waals surface area contributed by atoms with Crippen molar-refractivity contribution in [3.63, 3.8) is 0 Å². The summed E-state index contributed by atoms with van der Waals surface area (Å²) >= 11 is 0. The summed E-state index contributed by atoms with van der Waals surface area (Å²) in [5.41, 5.74) is 0.586. The highest BCUT2D eigenvalue weighted by Gasteiger charge is 2.39. The highest BCUT2D eigenvalue weighted by molar-refractivity contribution is 6.02. The van der Waals surface area contributed by atoms with Gasteiger partial charge in [0.15, 0.2) is 5.78 Å². The molecule has 1 aromatic carbocycles. The summed E-state index contributed by atoms with van der Waals surface area (Å²) in [6, 6.07) is 6.81. The van der Waals surface area contributed by atoms with E-state index < -0.39 is 12.0 Å².